The molecule has 0 bridgehead atoms. The number of alkyl halides is 1. The van der Waals surface area contributed by atoms with E-state index in [0.29, 0.717) is 17.0 Å². The van der Waals surface area contributed by atoms with Gasteiger partial charge in [0.15, 0.2) is 0 Å². The molecule has 0 saturated heterocycles. The molecule has 0 spiro atoms. The molecule has 1 aliphatic carbocycles. The molecule has 0 amide bonds. The van der Waals surface area contributed by atoms with Crippen molar-refractivity contribution in [2.45, 2.75) is 43.5 Å². The molecule has 2 rings (SSSR count). The second kappa shape index (κ2) is 6.23. The van der Waals surface area contributed by atoms with Gasteiger partial charge in [-0.25, -0.2) is 0 Å². The maximum Gasteiger partial charge on any atom is 0.128 e. The van der Waals surface area contributed by atoms with Crippen LogP contribution in [0, 0.1) is 0 Å². The summed E-state index contributed by atoms with van der Waals surface area (Å²) < 4.78 is 6.06. The minimum atomic E-state index is 0.211. The number of nitrogens with zero attached hydrogens (tertiary/aromatic N) is 1. The first kappa shape index (κ1) is 13.4. The molecule has 1 aromatic rings. The fraction of sp³-hybridized carbons (Fsp3) is 0.500. The second-order valence-corrected chi connectivity index (χ2v) is 5.68. The highest BCUT2D eigenvalue weighted by Crippen LogP contribution is 2.31. The van der Waals surface area contributed by atoms with Crippen molar-refractivity contribution in [1.29, 1.82) is 0 Å². The number of para-hydroxylation sites is 1. The quantitative estimate of drug-likeness (QED) is 0.395. The summed E-state index contributed by atoms with van der Waals surface area (Å²) in [5.74, 6) is 0.809. The minimum Gasteiger partial charge on any atom is -0.489 e. The van der Waals surface area contributed by atoms with Gasteiger partial charge in [0.25, 0.3) is 0 Å². The molecule has 1 fully saturated rings. The van der Waals surface area contributed by atoms with Crippen LogP contribution in [0.25, 0.3) is 0 Å². The van der Waals surface area contributed by atoms with Crippen molar-refractivity contribution >= 4 is 21.6 Å². The van der Waals surface area contributed by atoms with E-state index in [1.807, 2.05) is 31.2 Å². The van der Waals surface area contributed by atoms with Gasteiger partial charge in [-0.2, -0.15) is 0 Å². The summed E-state index contributed by atoms with van der Waals surface area (Å²) in [6.07, 6.45) is 4.31. The molecule has 4 heteroatoms. The molecule has 18 heavy (non-hydrogen) atoms. The van der Waals surface area contributed by atoms with E-state index in [2.05, 4.69) is 21.1 Å². The topological polar surface area (TPSA) is 41.8 Å². The standard InChI is InChI=1S/C14H18BrNO2/c1-2-12(16-17)10-6-3-4-8-13(10)18-14-9-5-7-11(14)15/h3-4,6,8,11,14,17H,2,5,7,9H2,1H3. The van der Waals surface area contributed by atoms with Crippen LogP contribution in [-0.2, 0) is 0 Å². The van der Waals surface area contributed by atoms with E-state index in [1.54, 1.807) is 0 Å². The molecule has 1 saturated carbocycles. The van der Waals surface area contributed by atoms with E-state index in [9.17, 15) is 0 Å². The highest BCUT2D eigenvalue weighted by Gasteiger charge is 2.27. The average molecular weight is 312 g/mol. The SMILES string of the molecule is CCC(=NO)c1ccccc1OC1CCCC1Br. The summed E-state index contributed by atoms with van der Waals surface area (Å²) in [7, 11) is 0. The lowest BCUT2D eigenvalue weighted by Crippen LogP contribution is -2.22. The number of benzene rings is 1. The number of rotatable bonds is 4. The van der Waals surface area contributed by atoms with Crippen molar-refractivity contribution in [2.75, 3.05) is 0 Å². The van der Waals surface area contributed by atoms with Crippen molar-refractivity contribution in [3.05, 3.63) is 29.8 Å². The Labute approximate surface area is 116 Å². The predicted octanol–water partition coefficient (Wildman–Crippen LogP) is 3.97. The molecule has 0 aromatic heterocycles. The van der Waals surface area contributed by atoms with Crippen molar-refractivity contribution in [2.24, 2.45) is 5.16 Å². The fourth-order valence-electron chi connectivity index (χ4n) is 2.30. The summed E-state index contributed by atoms with van der Waals surface area (Å²) in [5, 5.41) is 12.4. The van der Waals surface area contributed by atoms with Crippen molar-refractivity contribution in [3.63, 3.8) is 0 Å². The third kappa shape index (κ3) is 2.86. The van der Waals surface area contributed by atoms with Crippen LogP contribution in [0.4, 0.5) is 0 Å². The van der Waals surface area contributed by atoms with Crippen LogP contribution in [-0.4, -0.2) is 21.9 Å². The third-order valence-corrected chi connectivity index (χ3v) is 4.35. The third-order valence-electron chi connectivity index (χ3n) is 3.30. The van der Waals surface area contributed by atoms with Gasteiger partial charge in [-0.1, -0.05) is 40.1 Å². The molecule has 0 radical (unpaired) electrons. The Morgan fingerprint density at radius 2 is 2.22 bits per heavy atom. The van der Waals surface area contributed by atoms with E-state index >= 15 is 0 Å². The first-order valence-electron chi connectivity index (χ1n) is 6.37. The van der Waals surface area contributed by atoms with Gasteiger partial charge in [0, 0.05) is 5.56 Å². The molecule has 98 valence electrons. The Morgan fingerprint density at radius 1 is 1.44 bits per heavy atom. The zero-order chi connectivity index (χ0) is 13.0. The predicted molar refractivity (Wildman–Crippen MR) is 76.0 cm³/mol. The van der Waals surface area contributed by atoms with Crippen molar-refractivity contribution < 1.29 is 9.94 Å². The molecule has 1 N–H and O–H groups in total. The Balaban J connectivity index is 2.22. The first-order chi connectivity index (χ1) is 8.76. The van der Waals surface area contributed by atoms with Gasteiger partial charge in [0.05, 0.1) is 10.5 Å². The van der Waals surface area contributed by atoms with Crippen molar-refractivity contribution in [3.8, 4) is 5.75 Å². The van der Waals surface area contributed by atoms with Crippen LogP contribution in [0.1, 0.15) is 38.2 Å². The Morgan fingerprint density at radius 3 is 2.83 bits per heavy atom. The maximum atomic E-state index is 9.04. The van der Waals surface area contributed by atoms with Gasteiger partial charge in [0.2, 0.25) is 0 Å². The molecule has 1 aliphatic rings. The molecular weight excluding hydrogens is 294 g/mol. The van der Waals surface area contributed by atoms with Crippen LogP contribution in [0.3, 0.4) is 0 Å². The Hall–Kier alpha value is -1.03. The van der Waals surface area contributed by atoms with Crippen LogP contribution < -0.4 is 4.74 Å². The van der Waals surface area contributed by atoms with E-state index in [4.69, 9.17) is 9.94 Å². The molecule has 3 nitrogen and oxygen atoms in total. The summed E-state index contributed by atoms with van der Waals surface area (Å²) in [6.45, 7) is 1.97. The lowest BCUT2D eigenvalue weighted by atomic mass is 10.1. The van der Waals surface area contributed by atoms with E-state index in [0.717, 1.165) is 24.2 Å². The van der Waals surface area contributed by atoms with Gasteiger partial charge in [0.1, 0.15) is 11.9 Å². The second-order valence-electron chi connectivity index (χ2n) is 4.50. The largest absolute Gasteiger partial charge is 0.489 e. The summed E-state index contributed by atoms with van der Waals surface area (Å²) >= 11 is 3.65. The highest BCUT2D eigenvalue weighted by molar-refractivity contribution is 9.09. The maximum absolute atomic E-state index is 9.04. The number of hydrogen-bond donors (Lipinski definition) is 1. The Bertz CT molecular complexity index is 434. The number of oxime groups is 1. The van der Waals surface area contributed by atoms with Crippen molar-refractivity contribution in [1.82, 2.24) is 0 Å². The van der Waals surface area contributed by atoms with E-state index in [-0.39, 0.29) is 6.10 Å². The Kier molecular flexibility index (Phi) is 4.64. The molecule has 0 heterocycles. The van der Waals surface area contributed by atoms with E-state index in [1.165, 1.54) is 6.42 Å². The number of halogens is 1. The monoisotopic (exact) mass is 311 g/mol. The first-order valence-corrected chi connectivity index (χ1v) is 7.29. The fourth-order valence-corrected chi connectivity index (χ4v) is 3.00. The van der Waals surface area contributed by atoms with Gasteiger partial charge >= 0.3 is 0 Å². The molecule has 1 aromatic carbocycles. The zero-order valence-corrected chi connectivity index (χ0v) is 12.1. The summed E-state index contributed by atoms with van der Waals surface area (Å²) in [5.41, 5.74) is 1.55. The van der Waals surface area contributed by atoms with Crippen LogP contribution >= 0.6 is 15.9 Å². The minimum absolute atomic E-state index is 0.211. The smallest absolute Gasteiger partial charge is 0.128 e. The normalized spacial score (nSPS) is 24.2. The molecular formula is C14H18BrNO2. The average Bonchev–Trinajstić information content (AvgIpc) is 2.79. The van der Waals surface area contributed by atoms with Crippen LogP contribution in [0.15, 0.2) is 29.4 Å². The lowest BCUT2D eigenvalue weighted by molar-refractivity contribution is 0.216. The number of ether oxygens (including phenoxy) is 1. The highest BCUT2D eigenvalue weighted by atomic mass is 79.9. The number of hydrogen-bond acceptors (Lipinski definition) is 3. The molecule has 2 atom stereocenters. The van der Waals surface area contributed by atoms with E-state index < -0.39 is 0 Å². The van der Waals surface area contributed by atoms with Crippen LogP contribution in [0.2, 0.25) is 0 Å². The van der Waals surface area contributed by atoms with Crippen LogP contribution in [0.5, 0.6) is 5.75 Å². The van der Waals surface area contributed by atoms with Gasteiger partial charge in [-0.05, 0) is 37.8 Å². The summed E-state index contributed by atoms with van der Waals surface area (Å²) in [4.78, 5) is 0.418. The molecule has 2 unspecified atom stereocenters. The van der Waals surface area contributed by atoms with Gasteiger partial charge < -0.3 is 9.94 Å². The summed E-state index contributed by atoms with van der Waals surface area (Å²) in [6, 6.07) is 7.76. The zero-order valence-electron chi connectivity index (χ0n) is 10.5. The van der Waals surface area contributed by atoms with Gasteiger partial charge in [-0.3, -0.25) is 0 Å². The molecule has 0 aliphatic heterocycles. The van der Waals surface area contributed by atoms with Gasteiger partial charge in [-0.15, -0.1) is 0 Å². The lowest BCUT2D eigenvalue weighted by Gasteiger charge is -2.19.